The Bertz CT molecular complexity index is 582. The molecule has 94 valence electrons. The number of nitrogen functional groups attached to an aromatic ring is 1. The number of carbonyl (C=O) groups is 1. The van der Waals surface area contributed by atoms with Gasteiger partial charge in [0.05, 0.1) is 21.0 Å². The molecule has 0 fully saturated rings. The topological polar surface area (TPSA) is 99.6 Å². The number of hydrogen-bond donors (Lipinski definition) is 4. The van der Waals surface area contributed by atoms with Crippen molar-refractivity contribution in [3.05, 3.63) is 38.9 Å². The zero-order chi connectivity index (χ0) is 13.1. The summed E-state index contributed by atoms with van der Waals surface area (Å²) in [7, 11) is 0. The summed E-state index contributed by atoms with van der Waals surface area (Å²) in [6.07, 6.45) is 4.74. The summed E-state index contributed by atoms with van der Waals surface area (Å²) in [5, 5.41) is 2.62. The van der Waals surface area contributed by atoms with Crippen LogP contribution < -0.4 is 11.1 Å². The van der Waals surface area contributed by atoms with E-state index < -0.39 is 0 Å². The number of aromatic nitrogens is 3. The van der Waals surface area contributed by atoms with E-state index >= 15 is 0 Å². The van der Waals surface area contributed by atoms with Crippen LogP contribution in [0.2, 0.25) is 0 Å². The van der Waals surface area contributed by atoms with Crippen LogP contribution in [0.1, 0.15) is 16.2 Å². The number of amides is 1. The van der Waals surface area contributed by atoms with E-state index in [1.807, 2.05) is 0 Å². The summed E-state index contributed by atoms with van der Waals surface area (Å²) in [4.78, 5) is 21.2. The van der Waals surface area contributed by atoms with E-state index in [1.165, 1.54) is 6.20 Å². The Labute approximate surface area is 119 Å². The van der Waals surface area contributed by atoms with Gasteiger partial charge in [-0.3, -0.25) is 4.79 Å². The van der Waals surface area contributed by atoms with Gasteiger partial charge < -0.3 is 21.0 Å². The molecule has 0 saturated heterocycles. The highest BCUT2D eigenvalue weighted by molar-refractivity contribution is 9.13. The van der Waals surface area contributed by atoms with Gasteiger partial charge in [-0.15, -0.1) is 0 Å². The molecule has 1 amide bonds. The Hall–Kier alpha value is -1.54. The maximum Gasteiger partial charge on any atom is 0.271 e. The first-order chi connectivity index (χ1) is 8.56. The quantitative estimate of drug-likeness (QED) is 0.662. The number of H-pyrrole nitrogens is 2. The highest BCUT2D eigenvalue weighted by Crippen LogP contribution is 2.22. The Kier molecular flexibility index (Phi) is 3.87. The maximum atomic E-state index is 11.7. The van der Waals surface area contributed by atoms with Crippen LogP contribution in [0.5, 0.6) is 0 Å². The first-order valence-corrected chi connectivity index (χ1v) is 6.47. The SMILES string of the molecule is Nc1ncc(C=CNC(=O)c2cc(Br)c(Br)[nH]2)[nH]1. The molecule has 6 nitrogen and oxygen atoms in total. The zero-order valence-electron chi connectivity index (χ0n) is 9.00. The molecule has 0 bridgehead atoms. The largest absolute Gasteiger partial charge is 0.369 e. The summed E-state index contributed by atoms with van der Waals surface area (Å²) in [5.74, 6) is 0.0864. The standard InChI is InChI=1S/C10H9Br2N5O/c11-6-3-7(17-8(6)12)9(18)14-2-1-5-4-15-10(13)16-5/h1-4,17H,(H,14,18)(H3,13,15,16). The fourth-order valence-corrected chi connectivity index (χ4v) is 1.90. The zero-order valence-corrected chi connectivity index (χ0v) is 12.2. The second kappa shape index (κ2) is 5.40. The van der Waals surface area contributed by atoms with Crippen LogP contribution in [0.15, 0.2) is 27.5 Å². The Morgan fingerprint density at radius 1 is 1.44 bits per heavy atom. The highest BCUT2D eigenvalue weighted by Gasteiger charge is 2.09. The number of hydrogen-bond acceptors (Lipinski definition) is 3. The van der Waals surface area contributed by atoms with Gasteiger partial charge in [0, 0.05) is 6.20 Å². The van der Waals surface area contributed by atoms with Crippen molar-refractivity contribution in [2.45, 2.75) is 0 Å². The van der Waals surface area contributed by atoms with Gasteiger partial charge in [0.25, 0.3) is 5.91 Å². The molecular formula is C10H9Br2N5O. The number of nitrogens with zero attached hydrogens (tertiary/aromatic N) is 1. The number of nitrogens with one attached hydrogen (secondary N) is 3. The van der Waals surface area contributed by atoms with E-state index in [9.17, 15) is 4.79 Å². The summed E-state index contributed by atoms with van der Waals surface area (Å²) >= 11 is 6.55. The Morgan fingerprint density at radius 3 is 2.78 bits per heavy atom. The lowest BCUT2D eigenvalue weighted by Crippen LogP contribution is -2.17. The van der Waals surface area contributed by atoms with E-state index in [0.717, 1.165) is 9.08 Å². The van der Waals surface area contributed by atoms with E-state index in [0.29, 0.717) is 17.3 Å². The predicted octanol–water partition coefficient (Wildman–Crippen LogP) is 2.25. The summed E-state index contributed by atoms with van der Waals surface area (Å²) < 4.78 is 1.51. The van der Waals surface area contributed by atoms with Crippen molar-refractivity contribution in [2.75, 3.05) is 5.73 Å². The Balaban J connectivity index is 1.98. The van der Waals surface area contributed by atoms with Crippen molar-refractivity contribution in [3.8, 4) is 0 Å². The smallest absolute Gasteiger partial charge is 0.271 e. The first-order valence-electron chi connectivity index (χ1n) is 4.88. The van der Waals surface area contributed by atoms with Crippen LogP contribution in [-0.4, -0.2) is 20.9 Å². The third-order valence-corrected chi connectivity index (χ3v) is 3.85. The minimum absolute atomic E-state index is 0.245. The maximum absolute atomic E-state index is 11.7. The van der Waals surface area contributed by atoms with Crippen LogP contribution in [0.4, 0.5) is 5.95 Å². The summed E-state index contributed by atoms with van der Waals surface area (Å²) in [5.41, 5.74) is 6.57. The lowest BCUT2D eigenvalue weighted by molar-refractivity contribution is 0.0966. The van der Waals surface area contributed by atoms with Crippen LogP contribution >= 0.6 is 31.9 Å². The Morgan fingerprint density at radius 2 is 2.22 bits per heavy atom. The first kappa shape index (κ1) is 12.9. The van der Waals surface area contributed by atoms with Crippen molar-refractivity contribution in [1.82, 2.24) is 20.3 Å². The van der Waals surface area contributed by atoms with Gasteiger partial charge in [-0.05, 0) is 44.0 Å². The fraction of sp³-hybridized carbons (Fsp3) is 0. The molecule has 2 aromatic rings. The molecule has 0 unspecified atom stereocenters. The van der Waals surface area contributed by atoms with Gasteiger partial charge in [-0.1, -0.05) is 0 Å². The van der Waals surface area contributed by atoms with E-state index in [2.05, 4.69) is 52.1 Å². The van der Waals surface area contributed by atoms with Gasteiger partial charge in [0.2, 0.25) is 0 Å². The average molecular weight is 375 g/mol. The second-order valence-electron chi connectivity index (χ2n) is 3.38. The van der Waals surface area contributed by atoms with Crippen LogP contribution in [0.3, 0.4) is 0 Å². The lowest BCUT2D eigenvalue weighted by Gasteiger charge is -1.95. The minimum atomic E-state index is -0.245. The number of imidazole rings is 1. The van der Waals surface area contributed by atoms with Crippen molar-refractivity contribution in [1.29, 1.82) is 0 Å². The number of aromatic amines is 2. The van der Waals surface area contributed by atoms with E-state index in [1.54, 1.807) is 18.3 Å². The van der Waals surface area contributed by atoms with Gasteiger partial charge in [-0.2, -0.15) is 0 Å². The molecule has 8 heteroatoms. The lowest BCUT2D eigenvalue weighted by atomic mass is 10.4. The number of halogens is 2. The predicted molar refractivity (Wildman–Crippen MR) is 75.7 cm³/mol. The summed E-state index contributed by atoms with van der Waals surface area (Å²) in [6, 6.07) is 1.68. The third kappa shape index (κ3) is 3.02. The number of anilines is 1. The highest BCUT2D eigenvalue weighted by atomic mass is 79.9. The molecule has 0 aliphatic heterocycles. The monoisotopic (exact) mass is 373 g/mol. The molecular weight excluding hydrogens is 366 g/mol. The van der Waals surface area contributed by atoms with E-state index in [4.69, 9.17) is 5.73 Å². The van der Waals surface area contributed by atoms with Crippen molar-refractivity contribution in [2.24, 2.45) is 0 Å². The van der Waals surface area contributed by atoms with Gasteiger partial charge in [-0.25, -0.2) is 4.98 Å². The number of nitrogens with two attached hydrogens (primary N) is 1. The molecule has 18 heavy (non-hydrogen) atoms. The average Bonchev–Trinajstić information content (AvgIpc) is 2.87. The van der Waals surface area contributed by atoms with Gasteiger partial charge in [0.1, 0.15) is 5.69 Å². The van der Waals surface area contributed by atoms with Crippen molar-refractivity contribution >= 4 is 49.8 Å². The molecule has 0 atom stereocenters. The van der Waals surface area contributed by atoms with E-state index in [-0.39, 0.29) is 5.91 Å². The van der Waals surface area contributed by atoms with Crippen LogP contribution in [0, 0.1) is 0 Å². The molecule has 0 saturated carbocycles. The van der Waals surface area contributed by atoms with Crippen LogP contribution in [-0.2, 0) is 0 Å². The third-order valence-electron chi connectivity index (χ3n) is 2.06. The molecule has 0 radical (unpaired) electrons. The number of carbonyl (C=O) groups excluding carboxylic acids is 1. The van der Waals surface area contributed by atoms with Crippen molar-refractivity contribution in [3.63, 3.8) is 0 Å². The van der Waals surface area contributed by atoms with Crippen LogP contribution in [0.25, 0.3) is 6.08 Å². The molecule has 0 aromatic carbocycles. The van der Waals surface area contributed by atoms with Crippen molar-refractivity contribution < 1.29 is 4.79 Å². The normalized spacial score (nSPS) is 11.0. The second-order valence-corrected chi connectivity index (χ2v) is 5.02. The molecule has 0 aliphatic rings. The molecule has 0 spiro atoms. The van der Waals surface area contributed by atoms with Gasteiger partial charge in [0.15, 0.2) is 5.95 Å². The molecule has 5 N–H and O–H groups in total. The number of rotatable bonds is 3. The molecule has 2 rings (SSSR count). The molecule has 2 aromatic heterocycles. The summed E-state index contributed by atoms with van der Waals surface area (Å²) in [6.45, 7) is 0. The molecule has 0 aliphatic carbocycles. The van der Waals surface area contributed by atoms with Gasteiger partial charge >= 0.3 is 0 Å². The fourth-order valence-electron chi connectivity index (χ4n) is 1.25. The molecule has 2 heterocycles. The minimum Gasteiger partial charge on any atom is -0.369 e.